The highest BCUT2D eigenvalue weighted by Crippen LogP contribution is 2.34. The van der Waals surface area contributed by atoms with E-state index in [0.717, 1.165) is 16.9 Å². The smallest absolute Gasteiger partial charge is 0.348 e. The summed E-state index contributed by atoms with van der Waals surface area (Å²) >= 11 is 1.01. The number of thiophene rings is 1. The average Bonchev–Trinajstić information content (AvgIpc) is 2.89. The Morgan fingerprint density at radius 3 is 2.54 bits per heavy atom. The van der Waals surface area contributed by atoms with Gasteiger partial charge in [0.2, 0.25) is 0 Å². The Kier molecular flexibility index (Phi) is 5.21. The molecule has 1 aromatic carbocycles. The standard InChI is InChI=1S/C17H16N2O4S/c1-9-6-5-7-11(13(9)22-3)15(20)19-16-12(8-18)10(2)14(24-16)17(21)23-4/h5-7H,1-4H3,(H,19,20). The van der Waals surface area contributed by atoms with Gasteiger partial charge in [-0.2, -0.15) is 5.26 Å². The van der Waals surface area contributed by atoms with E-state index in [2.05, 4.69) is 5.32 Å². The Balaban J connectivity index is 2.42. The SMILES string of the molecule is COC(=O)c1sc(NC(=O)c2cccc(C)c2OC)c(C#N)c1C. The van der Waals surface area contributed by atoms with Crippen molar-refractivity contribution >= 4 is 28.2 Å². The normalized spacial score (nSPS) is 9.96. The number of carbonyl (C=O) groups excluding carboxylic acids is 2. The van der Waals surface area contributed by atoms with E-state index in [-0.39, 0.29) is 5.56 Å². The first-order chi connectivity index (χ1) is 11.4. The van der Waals surface area contributed by atoms with Gasteiger partial charge in [-0.1, -0.05) is 12.1 Å². The summed E-state index contributed by atoms with van der Waals surface area (Å²) in [6, 6.07) is 7.23. The fourth-order valence-corrected chi connectivity index (χ4v) is 3.37. The molecule has 0 aliphatic heterocycles. The Morgan fingerprint density at radius 1 is 1.25 bits per heavy atom. The zero-order valence-corrected chi connectivity index (χ0v) is 14.5. The average molecular weight is 344 g/mol. The number of nitrogens with one attached hydrogen (secondary N) is 1. The van der Waals surface area contributed by atoms with Crippen molar-refractivity contribution in [1.29, 1.82) is 5.26 Å². The van der Waals surface area contributed by atoms with Crippen molar-refractivity contribution in [2.45, 2.75) is 13.8 Å². The molecule has 0 spiro atoms. The summed E-state index contributed by atoms with van der Waals surface area (Å²) in [5.74, 6) is -0.484. The molecule has 1 heterocycles. The summed E-state index contributed by atoms with van der Waals surface area (Å²) in [4.78, 5) is 24.6. The third-order valence-corrected chi connectivity index (χ3v) is 4.70. The van der Waals surface area contributed by atoms with Gasteiger partial charge in [0, 0.05) is 0 Å². The topological polar surface area (TPSA) is 88.4 Å². The van der Waals surface area contributed by atoms with Gasteiger partial charge in [0.25, 0.3) is 5.91 Å². The molecule has 0 fully saturated rings. The zero-order chi connectivity index (χ0) is 17.9. The highest BCUT2D eigenvalue weighted by molar-refractivity contribution is 7.18. The van der Waals surface area contributed by atoms with E-state index >= 15 is 0 Å². The van der Waals surface area contributed by atoms with Crippen LogP contribution in [-0.2, 0) is 4.74 Å². The number of nitrogens with zero attached hydrogens (tertiary/aromatic N) is 1. The van der Waals surface area contributed by atoms with E-state index < -0.39 is 11.9 Å². The minimum Gasteiger partial charge on any atom is -0.496 e. The maximum absolute atomic E-state index is 12.6. The van der Waals surface area contributed by atoms with Crippen LogP contribution in [0.25, 0.3) is 0 Å². The van der Waals surface area contributed by atoms with E-state index in [0.29, 0.717) is 26.8 Å². The lowest BCUT2D eigenvalue weighted by Gasteiger charge is -2.10. The van der Waals surface area contributed by atoms with Crippen LogP contribution in [0.1, 0.15) is 36.7 Å². The van der Waals surface area contributed by atoms with Gasteiger partial charge in [0.15, 0.2) is 0 Å². The first kappa shape index (κ1) is 17.5. The second-order valence-electron chi connectivity index (χ2n) is 4.97. The molecule has 0 bridgehead atoms. The summed E-state index contributed by atoms with van der Waals surface area (Å²) < 4.78 is 9.98. The number of hydrogen-bond donors (Lipinski definition) is 1. The van der Waals surface area contributed by atoms with Crippen LogP contribution in [0.4, 0.5) is 5.00 Å². The number of rotatable bonds is 4. The summed E-state index contributed by atoms with van der Waals surface area (Å²) in [6.07, 6.45) is 0. The summed E-state index contributed by atoms with van der Waals surface area (Å²) in [7, 11) is 2.76. The lowest BCUT2D eigenvalue weighted by atomic mass is 10.1. The molecule has 24 heavy (non-hydrogen) atoms. The number of anilines is 1. The summed E-state index contributed by atoms with van der Waals surface area (Å²) in [6.45, 7) is 3.48. The highest BCUT2D eigenvalue weighted by Gasteiger charge is 2.23. The van der Waals surface area contributed by atoms with Crippen LogP contribution in [0.3, 0.4) is 0 Å². The number of benzene rings is 1. The number of ether oxygens (including phenoxy) is 2. The van der Waals surface area contributed by atoms with Crippen molar-refractivity contribution in [3.05, 3.63) is 45.3 Å². The Bertz CT molecular complexity index is 849. The first-order valence-corrected chi connectivity index (χ1v) is 7.83. The minimum atomic E-state index is -0.539. The van der Waals surface area contributed by atoms with Gasteiger partial charge in [-0.3, -0.25) is 4.79 Å². The molecular formula is C17H16N2O4S. The number of amides is 1. The maximum atomic E-state index is 12.6. The number of carbonyl (C=O) groups is 2. The lowest BCUT2D eigenvalue weighted by molar-refractivity contribution is 0.0605. The molecule has 2 rings (SSSR count). The number of esters is 1. The first-order valence-electron chi connectivity index (χ1n) is 7.01. The van der Waals surface area contributed by atoms with E-state index in [1.165, 1.54) is 14.2 Å². The molecule has 0 radical (unpaired) electrons. The predicted molar refractivity (Wildman–Crippen MR) is 90.8 cm³/mol. The van der Waals surface area contributed by atoms with Crippen molar-refractivity contribution in [1.82, 2.24) is 0 Å². The molecule has 0 saturated carbocycles. The lowest BCUT2D eigenvalue weighted by Crippen LogP contribution is -2.13. The number of methoxy groups -OCH3 is 2. The molecule has 0 atom stereocenters. The van der Waals surface area contributed by atoms with Gasteiger partial charge in [0.05, 0.1) is 25.3 Å². The molecule has 0 aliphatic rings. The monoisotopic (exact) mass is 344 g/mol. The van der Waals surface area contributed by atoms with Crippen LogP contribution in [0, 0.1) is 25.2 Å². The second-order valence-corrected chi connectivity index (χ2v) is 5.99. The molecule has 0 saturated heterocycles. The molecule has 0 aliphatic carbocycles. The highest BCUT2D eigenvalue weighted by atomic mass is 32.1. The van der Waals surface area contributed by atoms with Crippen LogP contribution >= 0.6 is 11.3 Å². The Labute approximate surface area is 143 Å². The predicted octanol–water partition coefficient (Wildman–Crippen LogP) is 3.28. The van der Waals surface area contributed by atoms with Crippen LogP contribution in [-0.4, -0.2) is 26.1 Å². The fraction of sp³-hybridized carbons (Fsp3) is 0.235. The third-order valence-electron chi connectivity index (χ3n) is 3.52. The molecule has 1 aromatic heterocycles. The van der Waals surface area contributed by atoms with Gasteiger partial charge in [-0.15, -0.1) is 11.3 Å². The number of nitriles is 1. The maximum Gasteiger partial charge on any atom is 0.348 e. The second kappa shape index (κ2) is 7.15. The van der Waals surface area contributed by atoms with Gasteiger partial charge in [0.1, 0.15) is 21.7 Å². The van der Waals surface area contributed by atoms with E-state index in [1.54, 1.807) is 19.1 Å². The van der Waals surface area contributed by atoms with Crippen LogP contribution in [0.2, 0.25) is 0 Å². The molecule has 2 aromatic rings. The van der Waals surface area contributed by atoms with Crippen molar-refractivity contribution < 1.29 is 19.1 Å². The van der Waals surface area contributed by atoms with Crippen molar-refractivity contribution in [2.24, 2.45) is 0 Å². The van der Waals surface area contributed by atoms with E-state index in [4.69, 9.17) is 9.47 Å². The van der Waals surface area contributed by atoms with Crippen LogP contribution < -0.4 is 10.1 Å². The zero-order valence-electron chi connectivity index (χ0n) is 13.7. The molecular weight excluding hydrogens is 328 g/mol. The summed E-state index contributed by atoms with van der Waals surface area (Å²) in [5, 5.41) is 12.3. The molecule has 6 nitrogen and oxygen atoms in total. The summed E-state index contributed by atoms with van der Waals surface area (Å²) in [5.41, 5.74) is 1.91. The molecule has 0 unspecified atom stereocenters. The molecule has 1 N–H and O–H groups in total. The Hall–Kier alpha value is -2.85. The van der Waals surface area contributed by atoms with Crippen LogP contribution in [0.15, 0.2) is 18.2 Å². The Morgan fingerprint density at radius 2 is 1.96 bits per heavy atom. The van der Waals surface area contributed by atoms with E-state index in [1.807, 2.05) is 19.1 Å². The van der Waals surface area contributed by atoms with Crippen LogP contribution in [0.5, 0.6) is 5.75 Å². The van der Waals surface area contributed by atoms with E-state index in [9.17, 15) is 14.9 Å². The van der Waals surface area contributed by atoms with Gasteiger partial charge >= 0.3 is 5.97 Å². The molecule has 1 amide bonds. The third kappa shape index (κ3) is 3.09. The van der Waals surface area contributed by atoms with Gasteiger partial charge in [-0.05, 0) is 31.0 Å². The van der Waals surface area contributed by atoms with Crippen molar-refractivity contribution in [3.63, 3.8) is 0 Å². The van der Waals surface area contributed by atoms with Gasteiger partial charge < -0.3 is 14.8 Å². The van der Waals surface area contributed by atoms with Crippen molar-refractivity contribution in [3.8, 4) is 11.8 Å². The fourth-order valence-electron chi connectivity index (χ4n) is 2.30. The van der Waals surface area contributed by atoms with Gasteiger partial charge in [-0.25, -0.2) is 4.79 Å². The molecule has 124 valence electrons. The number of para-hydroxylation sites is 1. The largest absolute Gasteiger partial charge is 0.496 e. The quantitative estimate of drug-likeness (QED) is 0.860. The molecule has 7 heteroatoms. The number of aryl methyl sites for hydroxylation is 1. The minimum absolute atomic E-state index is 0.250. The van der Waals surface area contributed by atoms with Crippen molar-refractivity contribution in [2.75, 3.05) is 19.5 Å². The number of hydrogen-bond acceptors (Lipinski definition) is 6.